The molecule has 0 unspecified atom stereocenters. The van der Waals surface area contributed by atoms with Gasteiger partial charge in [-0.1, -0.05) is 13.3 Å². The van der Waals surface area contributed by atoms with Gasteiger partial charge in [-0.25, -0.2) is 13.6 Å². The van der Waals surface area contributed by atoms with Crippen LogP contribution in [0.25, 0.3) is 0 Å². The molecule has 0 radical (unpaired) electrons. The molecule has 118 valence electrons. The standard InChI is InChI=1S/C13H22N4O3S/c1-3-4-5-17(8-13(15)18)11-6-10(14)7-12(9(11)2)21(16,19)20/h6-7H,3-5,8,14H2,1-2H3,(H2,15,18)(H2,16,19,20). The van der Waals surface area contributed by atoms with Gasteiger partial charge in [0.15, 0.2) is 0 Å². The quantitative estimate of drug-likeness (QED) is 0.623. The van der Waals surface area contributed by atoms with E-state index in [1.54, 1.807) is 17.9 Å². The molecule has 0 aliphatic heterocycles. The summed E-state index contributed by atoms with van der Waals surface area (Å²) < 4.78 is 23.3. The second-order valence-corrected chi connectivity index (χ2v) is 6.48. The van der Waals surface area contributed by atoms with Crippen molar-refractivity contribution in [2.24, 2.45) is 10.9 Å². The summed E-state index contributed by atoms with van der Waals surface area (Å²) in [4.78, 5) is 12.9. The molecule has 1 amide bonds. The van der Waals surface area contributed by atoms with Gasteiger partial charge in [-0.05, 0) is 31.0 Å². The van der Waals surface area contributed by atoms with Gasteiger partial charge in [0, 0.05) is 17.9 Å². The number of primary amides is 1. The summed E-state index contributed by atoms with van der Waals surface area (Å²) in [6.45, 7) is 4.22. The van der Waals surface area contributed by atoms with Crippen molar-refractivity contribution in [3.05, 3.63) is 17.7 Å². The van der Waals surface area contributed by atoms with Crippen LogP contribution in [0.3, 0.4) is 0 Å². The monoisotopic (exact) mass is 314 g/mol. The first-order valence-corrected chi connectivity index (χ1v) is 8.17. The summed E-state index contributed by atoms with van der Waals surface area (Å²) >= 11 is 0. The van der Waals surface area contributed by atoms with Gasteiger partial charge in [0.1, 0.15) is 0 Å². The summed E-state index contributed by atoms with van der Waals surface area (Å²) in [7, 11) is -3.88. The molecule has 1 aromatic carbocycles. The number of anilines is 2. The molecule has 0 spiro atoms. The van der Waals surface area contributed by atoms with Crippen molar-refractivity contribution in [2.75, 3.05) is 23.7 Å². The molecule has 6 N–H and O–H groups in total. The van der Waals surface area contributed by atoms with Crippen LogP contribution in [-0.2, 0) is 14.8 Å². The number of amides is 1. The van der Waals surface area contributed by atoms with Crippen molar-refractivity contribution in [1.29, 1.82) is 0 Å². The summed E-state index contributed by atoms with van der Waals surface area (Å²) in [6, 6.07) is 2.94. The summed E-state index contributed by atoms with van der Waals surface area (Å²) in [6.07, 6.45) is 1.77. The lowest BCUT2D eigenvalue weighted by molar-refractivity contribution is -0.116. The predicted molar refractivity (Wildman–Crippen MR) is 83.3 cm³/mol. The van der Waals surface area contributed by atoms with E-state index in [2.05, 4.69) is 0 Å². The number of primary sulfonamides is 1. The highest BCUT2D eigenvalue weighted by Crippen LogP contribution is 2.29. The zero-order valence-electron chi connectivity index (χ0n) is 12.3. The van der Waals surface area contributed by atoms with E-state index >= 15 is 0 Å². The van der Waals surface area contributed by atoms with E-state index in [1.807, 2.05) is 6.92 Å². The Kier molecular flexibility index (Phi) is 5.56. The molecular formula is C13H22N4O3S. The van der Waals surface area contributed by atoms with Gasteiger partial charge < -0.3 is 16.4 Å². The Morgan fingerprint density at radius 2 is 1.95 bits per heavy atom. The minimum Gasteiger partial charge on any atom is -0.399 e. The molecule has 1 aromatic rings. The van der Waals surface area contributed by atoms with Crippen LogP contribution in [0.4, 0.5) is 11.4 Å². The number of nitrogens with two attached hydrogens (primary N) is 3. The van der Waals surface area contributed by atoms with E-state index in [0.717, 1.165) is 12.8 Å². The van der Waals surface area contributed by atoms with E-state index in [0.29, 0.717) is 17.8 Å². The van der Waals surface area contributed by atoms with Gasteiger partial charge in [0.2, 0.25) is 15.9 Å². The largest absolute Gasteiger partial charge is 0.399 e. The van der Waals surface area contributed by atoms with E-state index in [1.165, 1.54) is 6.07 Å². The highest BCUT2D eigenvalue weighted by molar-refractivity contribution is 7.89. The second-order valence-electron chi connectivity index (χ2n) is 4.95. The Balaban J connectivity index is 3.36. The maximum atomic E-state index is 11.6. The van der Waals surface area contributed by atoms with Gasteiger partial charge in [-0.3, -0.25) is 4.79 Å². The number of carbonyl (C=O) groups is 1. The SMILES string of the molecule is CCCCN(CC(N)=O)c1cc(N)cc(S(N)(=O)=O)c1C. The fraction of sp³-hybridized carbons (Fsp3) is 0.462. The van der Waals surface area contributed by atoms with Crippen LogP contribution in [0.1, 0.15) is 25.3 Å². The third kappa shape index (κ3) is 4.61. The van der Waals surface area contributed by atoms with Crippen LogP contribution < -0.4 is 21.5 Å². The zero-order valence-corrected chi connectivity index (χ0v) is 13.1. The molecular weight excluding hydrogens is 292 g/mol. The first-order chi connectivity index (χ1) is 9.66. The molecule has 0 heterocycles. The van der Waals surface area contributed by atoms with Gasteiger partial charge in [0.05, 0.1) is 11.4 Å². The van der Waals surface area contributed by atoms with E-state index in [9.17, 15) is 13.2 Å². The van der Waals surface area contributed by atoms with Crippen LogP contribution >= 0.6 is 0 Å². The first kappa shape index (κ1) is 17.3. The Morgan fingerprint density at radius 1 is 1.33 bits per heavy atom. The summed E-state index contributed by atoms with van der Waals surface area (Å²) in [5.74, 6) is -0.495. The lowest BCUT2D eigenvalue weighted by Gasteiger charge is -2.26. The van der Waals surface area contributed by atoms with Crippen LogP contribution in [-0.4, -0.2) is 27.4 Å². The number of unbranched alkanes of at least 4 members (excludes halogenated alkanes) is 1. The average Bonchev–Trinajstić information content (AvgIpc) is 2.35. The normalized spacial score (nSPS) is 11.4. The van der Waals surface area contributed by atoms with Crippen LogP contribution in [0.5, 0.6) is 0 Å². The van der Waals surface area contributed by atoms with E-state index < -0.39 is 15.9 Å². The molecule has 0 aromatic heterocycles. The molecule has 8 heteroatoms. The topological polar surface area (TPSA) is 133 Å². The van der Waals surface area contributed by atoms with Crippen molar-refractivity contribution >= 4 is 27.3 Å². The minimum atomic E-state index is -3.88. The van der Waals surface area contributed by atoms with Gasteiger partial charge in [0.25, 0.3) is 0 Å². The average molecular weight is 314 g/mol. The number of benzene rings is 1. The van der Waals surface area contributed by atoms with Crippen LogP contribution in [0, 0.1) is 6.92 Å². The van der Waals surface area contributed by atoms with Gasteiger partial charge >= 0.3 is 0 Å². The minimum absolute atomic E-state index is 0.00560. The van der Waals surface area contributed by atoms with Crippen molar-refractivity contribution in [1.82, 2.24) is 0 Å². The highest BCUT2D eigenvalue weighted by Gasteiger charge is 2.19. The summed E-state index contributed by atoms with van der Waals surface area (Å²) in [5.41, 5.74) is 12.3. The highest BCUT2D eigenvalue weighted by atomic mass is 32.2. The predicted octanol–water partition coefficient (Wildman–Crippen LogP) is 0.316. The number of carbonyl (C=O) groups excluding carboxylic acids is 1. The van der Waals surface area contributed by atoms with E-state index in [-0.39, 0.29) is 17.1 Å². The Hall–Kier alpha value is -1.80. The summed E-state index contributed by atoms with van der Waals surface area (Å²) in [5, 5.41) is 5.20. The van der Waals surface area contributed by atoms with Gasteiger partial charge in [-0.15, -0.1) is 0 Å². The van der Waals surface area contributed by atoms with Gasteiger partial charge in [-0.2, -0.15) is 0 Å². The van der Waals surface area contributed by atoms with Crippen molar-refractivity contribution in [3.8, 4) is 0 Å². The number of nitrogen functional groups attached to an aromatic ring is 1. The number of sulfonamides is 1. The van der Waals surface area contributed by atoms with Crippen molar-refractivity contribution < 1.29 is 13.2 Å². The second kappa shape index (κ2) is 6.77. The molecule has 0 aliphatic carbocycles. The fourth-order valence-corrected chi connectivity index (χ4v) is 2.97. The number of nitrogens with zero attached hydrogens (tertiary/aromatic N) is 1. The Bertz CT molecular complexity index is 629. The van der Waals surface area contributed by atoms with Crippen molar-refractivity contribution in [3.63, 3.8) is 0 Å². The van der Waals surface area contributed by atoms with Crippen LogP contribution in [0.15, 0.2) is 17.0 Å². The third-order valence-corrected chi connectivity index (χ3v) is 4.17. The molecule has 0 atom stereocenters. The Morgan fingerprint density at radius 3 is 2.43 bits per heavy atom. The third-order valence-electron chi connectivity index (χ3n) is 3.13. The number of hydrogen-bond donors (Lipinski definition) is 3. The van der Waals surface area contributed by atoms with Crippen LogP contribution in [0.2, 0.25) is 0 Å². The zero-order chi connectivity index (χ0) is 16.2. The molecule has 0 fully saturated rings. The number of rotatable bonds is 7. The molecule has 0 saturated heterocycles. The first-order valence-electron chi connectivity index (χ1n) is 6.63. The lowest BCUT2D eigenvalue weighted by Crippen LogP contribution is -2.35. The lowest BCUT2D eigenvalue weighted by atomic mass is 10.1. The maximum Gasteiger partial charge on any atom is 0.238 e. The molecule has 0 saturated carbocycles. The Labute approximate surface area is 125 Å². The molecule has 0 bridgehead atoms. The van der Waals surface area contributed by atoms with Crippen molar-refractivity contribution in [2.45, 2.75) is 31.6 Å². The number of hydrogen-bond acceptors (Lipinski definition) is 5. The fourth-order valence-electron chi connectivity index (χ4n) is 2.14. The van der Waals surface area contributed by atoms with E-state index in [4.69, 9.17) is 16.6 Å². The smallest absolute Gasteiger partial charge is 0.238 e. The maximum absolute atomic E-state index is 11.6. The molecule has 21 heavy (non-hydrogen) atoms. The molecule has 1 rings (SSSR count). The molecule has 0 aliphatic rings. The molecule has 7 nitrogen and oxygen atoms in total.